The van der Waals surface area contributed by atoms with Crippen molar-refractivity contribution in [1.82, 2.24) is 4.90 Å². The van der Waals surface area contributed by atoms with Gasteiger partial charge in [-0.1, -0.05) is 6.92 Å². The lowest BCUT2D eigenvalue weighted by Gasteiger charge is -2.50. The summed E-state index contributed by atoms with van der Waals surface area (Å²) in [7, 11) is 3.06. The van der Waals surface area contributed by atoms with E-state index in [1.165, 1.54) is 25.1 Å². The normalized spacial score (nSPS) is 29.2. The van der Waals surface area contributed by atoms with Crippen LogP contribution in [0, 0.1) is 17.7 Å². The number of aromatic hydroxyl groups is 1. The number of nitrogens with zero attached hydrogens (tertiary/aromatic N) is 1. The Morgan fingerprint density at radius 1 is 1.27 bits per heavy atom. The van der Waals surface area contributed by atoms with Gasteiger partial charge in [-0.25, -0.2) is 4.39 Å². The van der Waals surface area contributed by atoms with Crippen molar-refractivity contribution >= 4 is 23.2 Å². The molecule has 1 amide bonds. The number of phenols is 1. The third-order valence-corrected chi connectivity index (χ3v) is 7.15. The molecule has 9 nitrogen and oxygen atoms in total. The number of carbonyl (C=O) groups excluding carboxylic acids is 3. The minimum atomic E-state index is -2.71. The summed E-state index contributed by atoms with van der Waals surface area (Å²) in [5, 5.41) is 43.5. The van der Waals surface area contributed by atoms with Crippen LogP contribution in [0.5, 0.6) is 5.75 Å². The van der Waals surface area contributed by atoms with E-state index in [9.17, 15) is 39.2 Å². The molecule has 0 aromatic heterocycles. The van der Waals surface area contributed by atoms with Crippen LogP contribution in [0.25, 0.3) is 5.76 Å². The largest absolute Gasteiger partial charge is 0.508 e. The second-order valence-electron chi connectivity index (χ2n) is 9.03. The monoisotopic (exact) mass is 460 g/mol. The number of phenolic OH excluding ortho intramolecular Hbond substituents is 1. The molecule has 0 unspecified atom stereocenters. The molecule has 1 fully saturated rings. The van der Waals surface area contributed by atoms with Crippen molar-refractivity contribution in [1.29, 1.82) is 0 Å². The number of rotatable bonds is 3. The highest BCUT2D eigenvalue weighted by Crippen LogP contribution is 2.53. The number of aliphatic hydroxyl groups excluding tert-OH is 2. The van der Waals surface area contributed by atoms with Crippen LogP contribution >= 0.6 is 0 Å². The van der Waals surface area contributed by atoms with Gasteiger partial charge < -0.3 is 26.2 Å². The topological polar surface area (TPSA) is 161 Å². The molecule has 4 rings (SSSR count). The van der Waals surface area contributed by atoms with Crippen LogP contribution in [0.4, 0.5) is 4.39 Å². The Morgan fingerprint density at radius 2 is 1.91 bits per heavy atom. The van der Waals surface area contributed by atoms with Gasteiger partial charge in [0.2, 0.25) is 5.78 Å². The number of nitrogens with two attached hydrogens (primary N) is 1. The minimum Gasteiger partial charge on any atom is -0.508 e. The molecule has 3 aliphatic carbocycles. The Morgan fingerprint density at radius 3 is 2.45 bits per heavy atom. The first kappa shape index (κ1) is 22.9. The van der Waals surface area contributed by atoms with Gasteiger partial charge in [0.15, 0.2) is 23.0 Å². The zero-order valence-electron chi connectivity index (χ0n) is 18.3. The first-order valence-electron chi connectivity index (χ1n) is 10.6. The number of carbonyl (C=O) groups is 3. The van der Waals surface area contributed by atoms with Gasteiger partial charge in [-0.15, -0.1) is 0 Å². The first-order chi connectivity index (χ1) is 15.4. The Labute approximate surface area is 188 Å². The van der Waals surface area contributed by atoms with Crippen LogP contribution in [-0.2, 0) is 27.2 Å². The zero-order chi connectivity index (χ0) is 24.6. The molecule has 0 bridgehead atoms. The Bertz CT molecular complexity index is 1190. The summed E-state index contributed by atoms with van der Waals surface area (Å²) in [6.45, 7) is 1.78. The molecule has 0 saturated heterocycles. The van der Waals surface area contributed by atoms with Crippen molar-refractivity contribution in [3.8, 4) is 5.75 Å². The SMILES string of the molecule is CCc1cc(F)c(O)c2c1C[C@H]1C[C@@H]3[C@H](N(C)C)C(=O)C(C(N)=O)=C(O)[C@]3(O)C(=O)C1=C2O. The van der Waals surface area contributed by atoms with Gasteiger partial charge in [0.25, 0.3) is 5.91 Å². The fraction of sp³-hybridized carbons (Fsp3) is 0.435. The Hall–Kier alpha value is -3.24. The van der Waals surface area contributed by atoms with Crippen molar-refractivity contribution in [3.05, 3.63) is 45.5 Å². The number of likely N-dealkylation sites (N-methyl/N-ethyl adjacent to an activating group) is 1. The Kier molecular flexibility index (Phi) is 5.14. The number of fused-ring (bicyclic) bond motifs is 3. The van der Waals surface area contributed by atoms with Crippen molar-refractivity contribution in [2.24, 2.45) is 17.6 Å². The van der Waals surface area contributed by atoms with E-state index < -0.39 is 69.6 Å². The molecular formula is C23H25FN2O7. The number of halogens is 1. The lowest BCUT2D eigenvalue weighted by molar-refractivity contribution is -0.153. The van der Waals surface area contributed by atoms with Crippen LogP contribution in [0.1, 0.15) is 30.0 Å². The number of Topliss-reactive ketones (excluding diaryl/α,β-unsaturated/α-hetero) is 2. The highest BCUT2D eigenvalue weighted by Gasteiger charge is 2.64. The van der Waals surface area contributed by atoms with Gasteiger partial charge in [0, 0.05) is 11.5 Å². The smallest absolute Gasteiger partial charge is 0.255 e. The molecule has 4 atom stereocenters. The number of primary amides is 1. The van der Waals surface area contributed by atoms with E-state index in [2.05, 4.69) is 0 Å². The first-order valence-corrected chi connectivity index (χ1v) is 10.6. The van der Waals surface area contributed by atoms with Gasteiger partial charge in [-0.3, -0.25) is 19.3 Å². The van der Waals surface area contributed by atoms with Crippen molar-refractivity contribution in [2.45, 2.75) is 37.8 Å². The second-order valence-corrected chi connectivity index (χ2v) is 9.03. The van der Waals surface area contributed by atoms with Crippen LogP contribution in [0.3, 0.4) is 0 Å². The van der Waals surface area contributed by atoms with Gasteiger partial charge in [-0.05, 0) is 56.5 Å². The van der Waals surface area contributed by atoms with E-state index in [-0.39, 0.29) is 24.0 Å². The lowest BCUT2D eigenvalue weighted by atomic mass is 9.57. The van der Waals surface area contributed by atoms with Gasteiger partial charge in [0.1, 0.15) is 17.1 Å². The maximum absolute atomic E-state index is 14.3. The van der Waals surface area contributed by atoms with Gasteiger partial charge in [0.05, 0.1) is 11.6 Å². The molecule has 1 aromatic carbocycles. The van der Waals surface area contributed by atoms with Crippen LogP contribution in [0.15, 0.2) is 23.0 Å². The van der Waals surface area contributed by atoms with E-state index in [0.717, 1.165) is 0 Å². The molecule has 0 spiro atoms. The van der Waals surface area contributed by atoms with E-state index >= 15 is 0 Å². The second kappa shape index (κ2) is 7.39. The molecule has 3 aliphatic rings. The quantitative estimate of drug-likeness (QED) is 0.411. The third-order valence-electron chi connectivity index (χ3n) is 7.15. The van der Waals surface area contributed by atoms with E-state index in [1.54, 1.807) is 6.92 Å². The average Bonchev–Trinajstić information content (AvgIpc) is 2.72. The maximum Gasteiger partial charge on any atom is 0.255 e. The molecule has 1 saturated carbocycles. The number of aliphatic hydroxyl groups is 3. The number of ketones is 2. The van der Waals surface area contributed by atoms with E-state index in [1.807, 2.05) is 0 Å². The molecule has 0 heterocycles. The molecule has 10 heteroatoms. The molecular weight excluding hydrogens is 435 g/mol. The third kappa shape index (κ3) is 2.87. The molecule has 1 aromatic rings. The minimum absolute atomic E-state index is 0.00689. The zero-order valence-corrected chi connectivity index (χ0v) is 18.3. The predicted molar refractivity (Wildman–Crippen MR) is 114 cm³/mol. The highest BCUT2D eigenvalue weighted by atomic mass is 19.1. The summed E-state index contributed by atoms with van der Waals surface area (Å²) < 4.78 is 14.3. The lowest BCUT2D eigenvalue weighted by Crippen LogP contribution is -2.65. The van der Waals surface area contributed by atoms with Crippen LogP contribution in [-0.4, -0.2) is 68.5 Å². The molecule has 33 heavy (non-hydrogen) atoms. The number of hydrogen-bond acceptors (Lipinski definition) is 8. The molecule has 0 radical (unpaired) electrons. The van der Waals surface area contributed by atoms with Crippen molar-refractivity contribution in [3.63, 3.8) is 0 Å². The fourth-order valence-corrected chi connectivity index (χ4v) is 5.67. The number of aryl methyl sites for hydroxylation is 1. The number of hydrogen-bond donors (Lipinski definition) is 5. The van der Waals surface area contributed by atoms with Crippen molar-refractivity contribution in [2.75, 3.05) is 14.1 Å². The predicted octanol–water partition coefficient (Wildman–Crippen LogP) is 0.665. The van der Waals surface area contributed by atoms with Crippen LogP contribution in [0.2, 0.25) is 0 Å². The van der Waals surface area contributed by atoms with Crippen molar-refractivity contribution < 1.29 is 39.2 Å². The Balaban J connectivity index is 2.00. The summed E-state index contributed by atoms with van der Waals surface area (Å²) in [5.74, 6) is -8.70. The van der Waals surface area contributed by atoms with Gasteiger partial charge in [-0.2, -0.15) is 0 Å². The molecule has 0 aliphatic heterocycles. The highest BCUT2D eigenvalue weighted by molar-refractivity contribution is 6.24. The maximum atomic E-state index is 14.3. The molecule has 6 N–H and O–H groups in total. The van der Waals surface area contributed by atoms with E-state index in [4.69, 9.17) is 5.73 Å². The van der Waals surface area contributed by atoms with E-state index in [0.29, 0.717) is 17.5 Å². The molecule has 176 valence electrons. The standard InChI is InChI=1S/C23H25FN2O7/c1-4-8-7-12(24)17(27)14-10(8)5-9-6-11-16(26(2)3)19(29)15(22(25)32)21(31)23(11,33)20(30)13(9)18(14)28/h7,9,11,16,27-28,31,33H,4-6H2,1-3H3,(H2,25,32)/t9-,11+,16-,23+/m0/s1. The summed E-state index contributed by atoms with van der Waals surface area (Å²) in [4.78, 5) is 40.0. The summed E-state index contributed by atoms with van der Waals surface area (Å²) in [5.41, 5.74) is 2.17. The fourth-order valence-electron chi connectivity index (χ4n) is 5.67. The summed E-state index contributed by atoms with van der Waals surface area (Å²) >= 11 is 0. The number of benzene rings is 1. The van der Waals surface area contributed by atoms with Crippen LogP contribution < -0.4 is 5.73 Å². The van der Waals surface area contributed by atoms with Gasteiger partial charge >= 0.3 is 0 Å². The summed E-state index contributed by atoms with van der Waals surface area (Å²) in [6.07, 6.45) is 0.541. The number of amides is 1. The average molecular weight is 460 g/mol. The summed E-state index contributed by atoms with van der Waals surface area (Å²) in [6, 6.07) is 0.0307.